The molecule has 0 saturated carbocycles. The minimum Gasteiger partial charge on any atom is -0.508 e. The summed E-state index contributed by atoms with van der Waals surface area (Å²) >= 11 is 0. The Labute approximate surface area is 205 Å². The number of amides is 3. The van der Waals surface area contributed by atoms with Gasteiger partial charge in [-0.05, 0) is 43.1 Å². The van der Waals surface area contributed by atoms with E-state index in [-0.39, 0.29) is 31.2 Å². The zero-order valence-corrected chi connectivity index (χ0v) is 20.2. The third-order valence-corrected chi connectivity index (χ3v) is 5.43. The van der Waals surface area contributed by atoms with E-state index in [4.69, 9.17) is 0 Å². The van der Waals surface area contributed by atoms with E-state index < -0.39 is 23.9 Å². The summed E-state index contributed by atoms with van der Waals surface area (Å²) in [5.74, 6) is -1.19. The number of phenols is 1. The summed E-state index contributed by atoms with van der Waals surface area (Å²) in [5, 5.41) is 17.9. The highest BCUT2D eigenvalue weighted by atomic mass is 16.3. The van der Waals surface area contributed by atoms with Crippen LogP contribution in [0, 0.1) is 0 Å². The van der Waals surface area contributed by atoms with Crippen molar-refractivity contribution in [2.75, 3.05) is 26.7 Å². The Hall–Kier alpha value is -3.72. The average Bonchev–Trinajstić information content (AvgIpc) is 2.85. The summed E-state index contributed by atoms with van der Waals surface area (Å²) in [5.41, 5.74) is 1.63. The first-order chi connectivity index (χ1) is 16.9. The molecule has 35 heavy (non-hydrogen) atoms. The van der Waals surface area contributed by atoms with E-state index in [0.717, 1.165) is 5.56 Å². The second-order valence-electron chi connectivity index (χ2n) is 8.20. The van der Waals surface area contributed by atoms with Crippen molar-refractivity contribution >= 4 is 24.0 Å². The summed E-state index contributed by atoms with van der Waals surface area (Å²) in [7, 11) is 1.71. The van der Waals surface area contributed by atoms with Gasteiger partial charge in [-0.3, -0.25) is 14.4 Å². The van der Waals surface area contributed by atoms with Crippen LogP contribution in [-0.4, -0.2) is 72.8 Å². The predicted molar refractivity (Wildman–Crippen MR) is 133 cm³/mol. The lowest BCUT2D eigenvalue weighted by molar-refractivity contribution is -0.138. The van der Waals surface area contributed by atoms with Crippen molar-refractivity contribution in [1.82, 2.24) is 20.9 Å². The molecule has 2 aromatic rings. The molecule has 2 unspecified atom stereocenters. The molecule has 188 valence electrons. The molecule has 0 radical (unpaired) electrons. The van der Waals surface area contributed by atoms with Crippen molar-refractivity contribution in [2.24, 2.45) is 0 Å². The quantitative estimate of drug-likeness (QED) is 0.295. The van der Waals surface area contributed by atoms with Gasteiger partial charge >= 0.3 is 0 Å². The predicted octanol–water partition coefficient (Wildman–Crippen LogP) is 0.804. The topological polar surface area (TPSA) is 128 Å². The SMILES string of the molecule is CCCN(CC(=O)NC(Cc1cccc(O)c1)C(=O)NCC=O)C(=O)C(Cc1ccccc1)NC. The molecule has 0 spiro atoms. The van der Waals surface area contributed by atoms with Crippen LogP contribution in [0.25, 0.3) is 0 Å². The molecule has 9 heteroatoms. The number of nitrogens with zero attached hydrogens (tertiary/aromatic N) is 1. The van der Waals surface area contributed by atoms with E-state index in [0.29, 0.717) is 31.2 Å². The zero-order valence-electron chi connectivity index (χ0n) is 20.2. The minimum atomic E-state index is -0.979. The Morgan fingerprint density at radius 2 is 1.69 bits per heavy atom. The van der Waals surface area contributed by atoms with Crippen molar-refractivity contribution in [3.63, 3.8) is 0 Å². The third-order valence-electron chi connectivity index (χ3n) is 5.43. The molecular formula is C26H34N4O5. The van der Waals surface area contributed by atoms with Crippen LogP contribution in [0.3, 0.4) is 0 Å². The van der Waals surface area contributed by atoms with E-state index >= 15 is 0 Å². The van der Waals surface area contributed by atoms with Gasteiger partial charge in [0, 0.05) is 13.0 Å². The normalized spacial score (nSPS) is 12.3. The first-order valence-electron chi connectivity index (χ1n) is 11.7. The van der Waals surface area contributed by atoms with Gasteiger partial charge in [0.05, 0.1) is 19.1 Å². The number of likely N-dealkylation sites (N-methyl/N-ethyl adjacent to an activating group) is 1. The minimum absolute atomic E-state index is 0.0390. The second-order valence-corrected chi connectivity index (χ2v) is 8.20. The van der Waals surface area contributed by atoms with Gasteiger partial charge in [-0.2, -0.15) is 0 Å². The highest BCUT2D eigenvalue weighted by molar-refractivity contribution is 5.91. The van der Waals surface area contributed by atoms with Crippen LogP contribution in [-0.2, 0) is 32.0 Å². The maximum Gasteiger partial charge on any atom is 0.243 e. The largest absolute Gasteiger partial charge is 0.508 e. The fourth-order valence-electron chi connectivity index (χ4n) is 3.73. The van der Waals surface area contributed by atoms with Crippen LogP contribution in [0.5, 0.6) is 5.75 Å². The van der Waals surface area contributed by atoms with Crippen molar-refractivity contribution in [3.05, 3.63) is 65.7 Å². The summed E-state index contributed by atoms with van der Waals surface area (Å²) in [6, 6.07) is 14.5. The lowest BCUT2D eigenvalue weighted by atomic mass is 10.0. The van der Waals surface area contributed by atoms with E-state index in [2.05, 4.69) is 16.0 Å². The number of nitrogens with one attached hydrogen (secondary N) is 3. The number of rotatable bonds is 14. The fourth-order valence-corrected chi connectivity index (χ4v) is 3.73. The molecule has 9 nitrogen and oxygen atoms in total. The Bertz CT molecular complexity index is 983. The molecule has 0 aliphatic carbocycles. The second kappa shape index (κ2) is 14.5. The van der Waals surface area contributed by atoms with E-state index in [1.807, 2.05) is 37.3 Å². The number of carbonyl (C=O) groups is 4. The Balaban J connectivity index is 2.11. The molecule has 2 atom stereocenters. The van der Waals surface area contributed by atoms with Crippen molar-refractivity contribution < 1.29 is 24.3 Å². The molecule has 4 N–H and O–H groups in total. The number of hydrogen-bond donors (Lipinski definition) is 4. The Morgan fingerprint density at radius 1 is 1.00 bits per heavy atom. The van der Waals surface area contributed by atoms with Gasteiger partial charge in [0.1, 0.15) is 18.1 Å². The number of phenolic OH excluding ortho intramolecular Hbond substituents is 1. The molecule has 0 fully saturated rings. The lowest BCUT2D eigenvalue weighted by Crippen LogP contribution is -2.53. The standard InChI is InChI=1S/C26H34N4O5/c1-3-13-30(26(35)23(27-2)16-19-8-5-4-6-9-19)18-24(33)29-22(25(34)28-12-14-31)17-20-10-7-11-21(32)15-20/h4-11,14-15,22-23,27,32H,3,12-13,16-18H2,1-2H3,(H,28,34)(H,29,33). The zero-order chi connectivity index (χ0) is 25.6. The van der Waals surface area contributed by atoms with Gasteiger partial charge in [-0.15, -0.1) is 0 Å². The molecule has 0 aliphatic heterocycles. The third kappa shape index (κ3) is 9.21. The summed E-state index contributed by atoms with van der Waals surface area (Å²) in [6.45, 7) is 1.90. The van der Waals surface area contributed by atoms with Gasteiger partial charge in [-0.25, -0.2) is 0 Å². The van der Waals surface area contributed by atoms with Gasteiger partial charge < -0.3 is 30.8 Å². The van der Waals surface area contributed by atoms with Crippen molar-refractivity contribution in [3.8, 4) is 5.75 Å². The Kier molecular flexibility index (Phi) is 11.4. The lowest BCUT2D eigenvalue weighted by Gasteiger charge is -2.27. The molecular weight excluding hydrogens is 448 g/mol. The summed E-state index contributed by atoms with van der Waals surface area (Å²) in [4.78, 5) is 50.9. The average molecular weight is 483 g/mol. The molecule has 0 bridgehead atoms. The number of carbonyl (C=O) groups excluding carboxylic acids is 4. The molecule has 0 aromatic heterocycles. The van der Waals surface area contributed by atoms with Crippen LogP contribution in [0.4, 0.5) is 0 Å². The summed E-state index contributed by atoms with van der Waals surface area (Å²) in [6.07, 6.45) is 1.80. The van der Waals surface area contributed by atoms with Crippen LogP contribution in [0.15, 0.2) is 54.6 Å². The van der Waals surface area contributed by atoms with Gasteiger partial charge in [-0.1, -0.05) is 49.4 Å². The fraction of sp³-hybridized carbons (Fsp3) is 0.385. The van der Waals surface area contributed by atoms with E-state index in [1.165, 1.54) is 17.0 Å². The first kappa shape index (κ1) is 27.5. The highest BCUT2D eigenvalue weighted by Crippen LogP contribution is 2.13. The van der Waals surface area contributed by atoms with Crippen LogP contribution in [0.1, 0.15) is 24.5 Å². The molecule has 3 amide bonds. The smallest absolute Gasteiger partial charge is 0.243 e. The molecule has 0 saturated heterocycles. The molecule has 0 heterocycles. The molecule has 2 rings (SSSR count). The van der Waals surface area contributed by atoms with Crippen LogP contribution >= 0.6 is 0 Å². The van der Waals surface area contributed by atoms with Gasteiger partial charge in [0.25, 0.3) is 0 Å². The van der Waals surface area contributed by atoms with Crippen molar-refractivity contribution in [2.45, 2.75) is 38.3 Å². The monoisotopic (exact) mass is 482 g/mol. The first-order valence-corrected chi connectivity index (χ1v) is 11.7. The number of benzene rings is 2. The van der Waals surface area contributed by atoms with Crippen LogP contribution < -0.4 is 16.0 Å². The van der Waals surface area contributed by atoms with E-state index in [1.54, 1.807) is 19.2 Å². The molecule has 0 aliphatic rings. The van der Waals surface area contributed by atoms with Crippen LogP contribution in [0.2, 0.25) is 0 Å². The van der Waals surface area contributed by atoms with E-state index in [9.17, 15) is 24.3 Å². The maximum atomic E-state index is 13.2. The molecule has 2 aromatic carbocycles. The number of aldehydes is 1. The highest BCUT2D eigenvalue weighted by Gasteiger charge is 2.27. The number of aromatic hydroxyl groups is 1. The number of hydrogen-bond acceptors (Lipinski definition) is 6. The van der Waals surface area contributed by atoms with Crippen molar-refractivity contribution in [1.29, 1.82) is 0 Å². The maximum absolute atomic E-state index is 13.2. The summed E-state index contributed by atoms with van der Waals surface area (Å²) < 4.78 is 0. The Morgan fingerprint density at radius 3 is 2.31 bits per heavy atom. The van der Waals surface area contributed by atoms with Gasteiger partial charge in [0.2, 0.25) is 17.7 Å². The van der Waals surface area contributed by atoms with Gasteiger partial charge in [0.15, 0.2) is 0 Å².